The first kappa shape index (κ1) is 13.3. The van der Waals surface area contributed by atoms with E-state index in [1.54, 1.807) is 6.08 Å². The van der Waals surface area contributed by atoms with Crippen LogP contribution in [0, 0.1) is 0 Å². The minimum absolute atomic E-state index is 0.452. The number of hydrogen-bond donors (Lipinski definition) is 0. The molecule has 0 aliphatic carbocycles. The Bertz CT molecular complexity index is 499. The van der Waals surface area contributed by atoms with E-state index in [1.165, 1.54) is 8.61 Å². The molecule has 0 saturated carbocycles. The Morgan fingerprint density at radius 1 is 1.17 bits per heavy atom. The van der Waals surface area contributed by atoms with Crippen molar-refractivity contribution in [2.45, 2.75) is 13.0 Å². The zero-order valence-corrected chi connectivity index (χ0v) is 11.1. The molecule has 0 aromatic heterocycles. The molecule has 1 saturated heterocycles. The van der Waals surface area contributed by atoms with E-state index in [1.807, 2.05) is 30.3 Å². The SMILES string of the molecule is C=CCCN1CCN(Cc2ccccc2)S1(=O)=O. The smallest absolute Gasteiger partial charge is 0.195 e. The van der Waals surface area contributed by atoms with Crippen LogP contribution in [0.3, 0.4) is 0 Å². The molecule has 0 unspecified atom stereocenters. The van der Waals surface area contributed by atoms with Gasteiger partial charge in [0.05, 0.1) is 0 Å². The van der Waals surface area contributed by atoms with Gasteiger partial charge in [-0.1, -0.05) is 36.4 Å². The molecule has 0 amide bonds. The number of nitrogens with zero attached hydrogens (tertiary/aromatic N) is 2. The van der Waals surface area contributed by atoms with Gasteiger partial charge in [0.2, 0.25) is 0 Å². The van der Waals surface area contributed by atoms with Crippen molar-refractivity contribution in [1.82, 2.24) is 8.61 Å². The molecular formula is C13H18N2O2S. The predicted molar refractivity (Wildman–Crippen MR) is 72.2 cm³/mol. The van der Waals surface area contributed by atoms with E-state index >= 15 is 0 Å². The lowest BCUT2D eigenvalue weighted by molar-refractivity contribution is 0.441. The maximum atomic E-state index is 12.2. The lowest BCUT2D eigenvalue weighted by Crippen LogP contribution is -2.33. The van der Waals surface area contributed by atoms with Gasteiger partial charge >= 0.3 is 0 Å². The van der Waals surface area contributed by atoms with Gasteiger partial charge in [-0.25, -0.2) is 0 Å². The molecule has 0 spiro atoms. The quantitative estimate of drug-likeness (QED) is 0.760. The second kappa shape index (κ2) is 5.65. The van der Waals surface area contributed by atoms with Gasteiger partial charge in [-0.3, -0.25) is 0 Å². The third-order valence-corrected chi connectivity index (χ3v) is 5.02. The molecule has 1 heterocycles. The van der Waals surface area contributed by atoms with E-state index in [2.05, 4.69) is 6.58 Å². The molecule has 4 nitrogen and oxygen atoms in total. The molecule has 0 radical (unpaired) electrons. The topological polar surface area (TPSA) is 40.6 Å². The summed E-state index contributed by atoms with van der Waals surface area (Å²) in [5.41, 5.74) is 1.02. The Kier molecular flexibility index (Phi) is 4.16. The highest BCUT2D eigenvalue weighted by Gasteiger charge is 2.35. The van der Waals surface area contributed by atoms with Crippen LogP contribution in [-0.4, -0.2) is 36.7 Å². The molecular weight excluding hydrogens is 248 g/mol. The third kappa shape index (κ3) is 2.80. The maximum Gasteiger partial charge on any atom is 0.282 e. The van der Waals surface area contributed by atoms with E-state index < -0.39 is 10.2 Å². The molecule has 18 heavy (non-hydrogen) atoms. The van der Waals surface area contributed by atoms with Crippen LogP contribution in [0.15, 0.2) is 43.0 Å². The fourth-order valence-electron chi connectivity index (χ4n) is 2.03. The van der Waals surface area contributed by atoms with Gasteiger partial charge in [0.25, 0.3) is 10.2 Å². The molecule has 2 rings (SSSR count). The van der Waals surface area contributed by atoms with Gasteiger partial charge in [0.1, 0.15) is 0 Å². The highest BCUT2D eigenvalue weighted by molar-refractivity contribution is 7.87. The predicted octanol–water partition coefficient (Wildman–Crippen LogP) is 1.63. The summed E-state index contributed by atoms with van der Waals surface area (Å²) in [4.78, 5) is 0. The van der Waals surface area contributed by atoms with Gasteiger partial charge in [-0.05, 0) is 12.0 Å². The summed E-state index contributed by atoms with van der Waals surface area (Å²) in [5.74, 6) is 0. The third-order valence-electron chi connectivity index (χ3n) is 3.04. The first-order valence-corrected chi connectivity index (χ1v) is 7.44. The summed E-state index contributed by atoms with van der Waals surface area (Å²) in [5, 5.41) is 0. The number of hydrogen-bond acceptors (Lipinski definition) is 2. The van der Waals surface area contributed by atoms with Crippen LogP contribution in [0.25, 0.3) is 0 Å². The summed E-state index contributed by atoms with van der Waals surface area (Å²) >= 11 is 0. The van der Waals surface area contributed by atoms with Crippen molar-refractivity contribution in [2.24, 2.45) is 0 Å². The van der Waals surface area contributed by atoms with Crippen LogP contribution in [0.1, 0.15) is 12.0 Å². The Labute approximate surface area is 109 Å². The zero-order valence-electron chi connectivity index (χ0n) is 10.3. The molecule has 1 aromatic carbocycles. The highest BCUT2D eigenvalue weighted by Crippen LogP contribution is 2.19. The fourth-order valence-corrected chi connectivity index (χ4v) is 3.63. The van der Waals surface area contributed by atoms with Crippen molar-refractivity contribution >= 4 is 10.2 Å². The molecule has 1 aromatic rings. The molecule has 0 bridgehead atoms. The van der Waals surface area contributed by atoms with Crippen molar-refractivity contribution in [3.05, 3.63) is 48.6 Å². The molecule has 0 N–H and O–H groups in total. The van der Waals surface area contributed by atoms with E-state index in [-0.39, 0.29) is 0 Å². The fraction of sp³-hybridized carbons (Fsp3) is 0.385. The van der Waals surface area contributed by atoms with Gasteiger partial charge in [0.15, 0.2) is 0 Å². The lowest BCUT2D eigenvalue weighted by atomic mass is 10.2. The van der Waals surface area contributed by atoms with Gasteiger partial charge in [-0.2, -0.15) is 17.0 Å². The summed E-state index contributed by atoms with van der Waals surface area (Å²) < 4.78 is 27.5. The summed E-state index contributed by atoms with van der Waals surface area (Å²) in [7, 11) is -3.28. The van der Waals surface area contributed by atoms with Crippen molar-refractivity contribution in [2.75, 3.05) is 19.6 Å². The standard InChI is InChI=1S/C13H18N2O2S/c1-2-3-9-14-10-11-15(18(14,16)17)12-13-7-5-4-6-8-13/h2,4-8H,1,3,9-12H2. The second-order valence-corrected chi connectivity index (χ2v) is 6.23. The average Bonchev–Trinajstić information content (AvgIpc) is 2.64. The van der Waals surface area contributed by atoms with Crippen molar-refractivity contribution in [3.8, 4) is 0 Å². The van der Waals surface area contributed by atoms with Crippen molar-refractivity contribution in [1.29, 1.82) is 0 Å². The molecule has 98 valence electrons. The van der Waals surface area contributed by atoms with E-state index in [0.29, 0.717) is 32.6 Å². The van der Waals surface area contributed by atoms with Crippen LogP contribution < -0.4 is 0 Å². The van der Waals surface area contributed by atoms with Gasteiger partial charge in [-0.15, -0.1) is 6.58 Å². The number of benzene rings is 1. The molecule has 1 aliphatic rings. The molecule has 0 atom stereocenters. The Morgan fingerprint density at radius 2 is 1.83 bits per heavy atom. The Balaban J connectivity index is 2.05. The van der Waals surface area contributed by atoms with Gasteiger partial charge < -0.3 is 0 Å². The minimum atomic E-state index is -3.28. The summed E-state index contributed by atoms with van der Waals surface area (Å²) in [6.45, 7) is 5.73. The number of rotatable bonds is 5. The summed E-state index contributed by atoms with van der Waals surface area (Å²) in [6.07, 6.45) is 2.44. The van der Waals surface area contributed by atoms with Crippen molar-refractivity contribution < 1.29 is 8.42 Å². The van der Waals surface area contributed by atoms with Crippen LogP contribution >= 0.6 is 0 Å². The van der Waals surface area contributed by atoms with E-state index in [4.69, 9.17) is 0 Å². The van der Waals surface area contributed by atoms with E-state index in [0.717, 1.165) is 5.56 Å². The van der Waals surface area contributed by atoms with Crippen molar-refractivity contribution in [3.63, 3.8) is 0 Å². The largest absolute Gasteiger partial charge is 0.282 e. The monoisotopic (exact) mass is 266 g/mol. The summed E-state index contributed by atoms with van der Waals surface area (Å²) in [6, 6.07) is 9.67. The normalized spacial score (nSPS) is 20.0. The Morgan fingerprint density at radius 3 is 2.50 bits per heavy atom. The molecule has 5 heteroatoms. The zero-order chi connectivity index (χ0) is 13.0. The van der Waals surface area contributed by atoms with E-state index in [9.17, 15) is 8.42 Å². The van der Waals surface area contributed by atoms with Crippen LogP contribution in [0.5, 0.6) is 0 Å². The molecule has 1 fully saturated rings. The van der Waals surface area contributed by atoms with Crippen LogP contribution in [-0.2, 0) is 16.8 Å². The lowest BCUT2D eigenvalue weighted by Gasteiger charge is -2.18. The highest BCUT2D eigenvalue weighted by atomic mass is 32.2. The maximum absolute atomic E-state index is 12.2. The average molecular weight is 266 g/mol. The minimum Gasteiger partial charge on any atom is -0.195 e. The second-order valence-electron chi connectivity index (χ2n) is 4.30. The molecule has 1 aliphatic heterocycles. The Hall–Kier alpha value is -1.17. The van der Waals surface area contributed by atoms with Crippen LogP contribution in [0.2, 0.25) is 0 Å². The first-order valence-electron chi connectivity index (χ1n) is 6.04. The van der Waals surface area contributed by atoms with Crippen LogP contribution in [0.4, 0.5) is 0 Å². The van der Waals surface area contributed by atoms with Gasteiger partial charge in [0, 0.05) is 26.2 Å². The first-order chi connectivity index (χ1) is 8.64.